The maximum absolute atomic E-state index is 4.96. The molecule has 0 amide bonds. The van der Waals surface area contributed by atoms with Crippen molar-refractivity contribution in [1.82, 2.24) is 4.98 Å². The Morgan fingerprint density at radius 3 is 3.00 bits per heavy atom. The van der Waals surface area contributed by atoms with E-state index in [-0.39, 0.29) is 0 Å². The lowest BCUT2D eigenvalue weighted by molar-refractivity contribution is 0.202. The molecule has 1 heterocycles. The molecule has 0 atom stereocenters. The summed E-state index contributed by atoms with van der Waals surface area (Å²) in [5, 5.41) is 0. The van der Waals surface area contributed by atoms with Crippen LogP contribution in [0.3, 0.4) is 0 Å². The van der Waals surface area contributed by atoms with Crippen molar-refractivity contribution < 1.29 is 4.74 Å². The Hall–Kier alpha value is -1.09. The number of anilines is 1. The van der Waals surface area contributed by atoms with E-state index in [2.05, 4.69) is 4.98 Å². The first kappa shape index (κ1) is 8.01. The third-order valence-electron chi connectivity index (χ3n) is 1.41. The van der Waals surface area contributed by atoms with Crippen molar-refractivity contribution >= 4 is 5.69 Å². The minimum absolute atomic E-state index is 0.589. The molecule has 3 heteroatoms. The van der Waals surface area contributed by atoms with Gasteiger partial charge in [-0.05, 0) is 12.1 Å². The maximum atomic E-state index is 4.96. The average Bonchev–Trinajstić information content (AvgIpc) is 2.07. The SMILES string of the molecule is COCN(C)c1cccnc1. The van der Waals surface area contributed by atoms with E-state index >= 15 is 0 Å². The number of pyridine rings is 1. The Labute approximate surface area is 66.6 Å². The molecular formula is C8H12N2O. The maximum Gasteiger partial charge on any atom is 0.118 e. The summed E-state index contributed by atoms with van der Waals surface area (Å²) in [6.07, 6.45) is 3.56. The van der Waals surface area contributed by atoms with Crippen LogP contribution in [-0.2, 0) is 4.74 Å². The molecular weight excluding hydrogens is 140 g/mol. The lowest BCUT2D eigenvalue weighted by Crippen LogP contribution is -2.19. The predicted octanol–water partition coefficient (Wildman–Crippen LogP) is 1.12. The number of rotatable bonds is 3. The predicted molar refractivity (Wildman–Crippen MR) is 44.5 cm³/mol. The van der Waals surface area contributed by atoms with E-state index in [9.17, 15) is 0 Å². The van der Waals surface area contributed by atoms with Gasteiger partial charge in [0.2, 0.25) is 0 Å². The number of ether oxygens (including phenoxy) is 1. The molecule has 0 unspecified atom stereocenters. The second-order valence-corrected chi connectivity index (χ2v) is 2.33. The summed E-state index contributed by atoms with van der Waals surface area (Å²) in [4.78, 5) is 5.97. The average molecular weight is 152 g/mol. The topological polar surface area (TPSA) is 25.4 Å². The van der Waals surface area contributed by atoms with Gasteiger partial charge < -0.3 is 9.64 Å². The van der Waals surface area contributed by atoms with Gasteiger partial charge in [0, 0.05) is 20.4 Å². The first-order valence-electron chi connectivity index (χ1n) is 3.44. The number of hydrogen-bond donors (Lipinski definition) is 0. The largest absolute Gasteiger partial charge is 0.364 e. The summed E-state index contributed by atoms with van der Waals surface area (Å²) in [5.41, 5.74) is 1.06. The number of aromatic nitrogens is 1. The van der Waals surface area contributed by atoms with Crippen molar-refractivity contribution in [3.05, 3.63) is 24.5 Å². The highest BCUT2D eigenvalue weighted by molar-refractivity contribution is 5.41. The molecule has 0 radical (unpaired) electrons. The third-order valence-corrected chi connectivity index (χ3v) is 1.41. The fourth-order valence-electron chi connectivity index (χ4n) is 0.848. The van der Waals surface area contributed by atoms with E-state index in [1.807, 2.05) is 24.1 Å². The van der Waals surface area contributed by atoms with Crippen LogP contribution in [0.25, 0.3) is 0 Å². The zero-order chi connectivity index (χ0) is 8.10. The molecule has 0 saturated heterocycles. The van der Waals surface area contributed by atoms with Crippen molar-refractivity contribution in [1.29, 1.82) is 0 Å². The van der Waals surface area contributed by atoms with Crippen molar-refractivity contribution in [3.63, 3.8) is 0 Å². The first-order valence-corrected chi connectivity index (χ1v) is 3.44. The fraction of sp³-hybridized carbons (Fsp3) is 0.375. The van der Waals surface area contributed by atoms with Gasteiger partial charge in [-0.1, -0.05) is 0 Å². The molecule has 1 aromatic rings. The fourth-order valence-corrected chi connectivity index (χ4v) is 0.848. The van der Waals surface area contributed by atoms with E-state index in [4.69, 9.17) is 4.74 Å². The molecule has 0 saturated carbocycles. The molecule has 0 aromatic carbocycles. The van der Waals surface area contributed by atoms with E-state index in [0.29, 0.717) is 6.73 Å². The minimum atomic E-state index is 0.589. The van der Waals surface area contributed by atoms with Gasteiger partial charge in [0.15, 0.2) is 0 Å². The minimum Gasteiger partial charge on any atom is -0.364 e. The van der Waals surface area contributed by atoms with Crippen LogP contribution in [0.15, 0.2) is 24.5 Å². The highest BCUT2D eigenvalue weighted by atomic mass is 16.5. The van der Waals surface area contributed by atoms with E-state index < -0.39 is 0 Å². The zero-order valence-electron chi connectivity index (χ0n) is 6.82. The van der Waals surface area contributed by atoms with E-state index in [1.54, 1.807) is 19.5 Å². The molecule has 60 valence electrons. The van der Waals surface area contributed by atoms with Crippen LogP contribution in [0, 0.1) is 0 Å². The third kappa shape index (κ3) is 2.20. The van der Waals surface area contributed by atoms with Crippen LogP contribution < -0.4 is 4.90 Å². The Balaban J connectivity index is 2.61. The summed E-state index contributed by atoms with van der Waals surface area (Å²) in [5.74, 6) is 0. The van der Waals surface area contributed by atoms with Gasteiger partial charge in [-0.2, -0.15) is 0 Å². The summed E-state index contributed by atoms with van der Waals surface area (Å²) < 4.78 is 4.96. The molecule has 1 rings (SSSR count). The Morgan fingerprint density at radius 1 is 1.64 bits per heavy atom. The molecule has 0 aliphatic carbocycles. The van der Waals surface area contributed by atoms with Gasteiger partial charge in [0.05, 0.1) is 11.9 Å². The summed E-state index contributed by atoms with van der Waals surface area (Å²) in [7, 11) is 3.63. The molecule has 0 aliphatic heterocycles. The Bertz CT molecular complexity index is 201. The van der Waals surface area contributed by atoms with Gasteiger partial charge in [0.25, 0.3) is 0 Å². The van der Waals surface area contributed by atoms with Crippen LogP contribution in [0.5, 0.6) is 0 Å². The highest BCUT2D eigenvalue weighted by Gasteiger charge is 1.96. The van der Waals surface area contributed by atoms with Crippen LogP contribution in [0.4, 0.5) is 5.69 Å². The van der Waals surface area contributed by atoms with E-state index in [0.717, 1.165) is 5.69 Å². The second kappa shape index (κ2) is 3.93. The number of nitrogens with zero attached hydrogens (tertiary/aromatic N) is 2. The van der Waals surface area contributed by atoms with Crippen molar-refractivity contribution in [2.24, 2.45) is 0 Å². The zero-order valence-corrected chi connectivity index (χ0v) is 6.82. The highest BCUT2D eigenvalue weighted by Crippen LogP contribution is 2.07. The molecule has 0 aliphatic rings. The van der Waals surface area contributed by atoms with Gasteiger partial charge in [-0.15, -0.1) is 0 Å². The normalized spacial score (nSPS) is 9.64. The van der Waals surface area contributed by atoms with Crippen molar-refractivity contribution in [3.8, 4) is 0 Å². The van der Waals surface area contributed by atoms with Crippen molar-refractivity contribution in [2.45, 2.75) is 0 Å². The standard InChI is InChI=1S/C8H12N2O/c1-10(7-11-2)8-4-3-5-9-6-8/h3-6H,7H2,1-2H3. The molecule has 1 aromatic heterocycles. The molecule has 0 spiro atoms. The lowest BCUT2D eigenvalue weighted by Gasteiger charge is -2.16. The lowest BCUT2D eigenvalue weighted by atomic mass is 10.4. The summed E-state index contributed by atoms with van der Waals surface area (Å²) in [6.45, 7) is 0.589. The summed E-state index contributed by atoms with van der Waals surface area (Å²) in [6, 6.07) is 3.90. The molecule has 0 fully saturated rings. The van der Waals surface area contributed by atoms with Crippen LogP contribution >= 0.6 is 0 Å². The Morgan fingerprint density at radius 2 is 2.45 bits per heavy atom. The van der Waals surface area contributed by atoms with Crippen molar-refractivity contribution in [2.75, 3.05) is 25.8 Å². The van der Waals surface area contributed by atoms with Gasteiger partial charge in [0.1, 0.15) is 6.73 Å². The van der Waals surface area contributed by atoms with Gasteiger partial charge >= 0.3 is 0 Å². The number of methoxy groups -OCH3 is 1. The molecule has 11 heavy (non-hydrogen) atoms. The monoisotopic (exact) mass is 152 g/mol. The molecule has 3 nitrogen and oxygen atoms in total. The smallest absolute Gasteiger partial charge is 0.118 e. The second-order valence-electron chi connectivity index (χ2n) is 2.33. The molecule has 0 bridgehead atoms. The van der Waals surface area contributed by atoms with Crippen LogP contribution in [0.2, 0.25) is 0 Å². The van der Waals surface area contributed by atoms with Crippen LogP contribution in [0.1, 0.15) is 0 Å². The first-order chi connectivity index (χ1) is 5.34. The van der Waals surface area contributed by atoms with Crippen LogP contribution in [-0.4, -0.2) is 25.9 Å². The van der Waals surface area contributed by atoms with E-state index in [1.165, 1.54) is 0 Å². The molecule has 0 N–H and O–H groups in total. The quantitative estimate of drug-likeness (QED) is 0.607. The summed E-state index contributed by atoms with van der Waals surface area (Å²) >= 11 is 0. The van der Waals surface area contributed by atoms with Gasteiger partial charge in [-0.25, -0.2) is 0 Å². The Kier molecular flexibility index (Phi) is 2.86. The van der Waals surface area contributed by atoms with Gasteiger partial charge in [-0.3, -0.25) is 4.98 Å². The number of hydrogen-bond acceptors (Lipinski definition) is 3.